The van der Waals surface area contributed by atoms with E-state index >= 15 is 0 Å². The fraction of sp³-hybridized carbons (Fsp3) is 0.474. The van der Waals surface area contributed by atoms with Crippen LogP contribution >= 0.6 is 0 Å². The lowest BCUT2D eigenvalue weighted by molar-refractivity contribution is 0.0141. The molecule has 140 valence electrons. The number of carbonyl (C=O) groups is 1. The molecule has 27 heavy (non-hydrogen) atoms. The molecule has 2 aromatic rings. The molecular formula is C19H20FN5O2. The van der Waals surface area contributed by atoms with E-state index in [0.29, 0.717) is 30.6 Å². The third-order valence-electron chi connectivity index (χ3n) is 6.07. The maximum Gasteiger partial charge on any atom is 0.269 e. The summed E-state index contributed by atoms with van der Waals surface area (Å²) in [6.45, 7) is 2.03. The Kier molecular flexibility index (Phi) is 3.82. The number of hydrogen-bond donors (Lipinski definition) is 1. The summed E-state index contributed by atoms with van der Waals surface area (Å²) in [7, 11) is 0. The van der Waals surface area contributed by atoms with Crippen LogP contribution in [0.2, 0.25) is 0 Å². The van der Waals surface area contributed by atoms with Crippen LogP contribution < -0.4 is 10.2 Å². The first-order valence-corrected chi connectivity index (χ1v) is 9.24. The molecule has 0 unspecified atom stereocenters. The van der Waals surface area contributed by atoms with Gasteiger partial charge in [-0.25, -0.2) is 14.4 Å². The Hall–Kier alpha value is -2.61. The van der Waals surface area contributed by atoms with Crippen molar-refractivity contribution in [2.45, 2.75) is 24.5 Å². The van der Waals surface area contributed by atoms with Crippen LogP contribution in [0.4, 0.5) is 10.3 Å². The Bertz CT molecular complexity index is 849. The van der Waals surface area contributed by atoms with E-state index < -0.39 is 5.82 Å². The molecule has 3 fully saturated rings. The van der Waals surface area contributed by atoms with Crippen LogP contribution in [0, 0.1) is 17.7 Å². The van der Waals surface area contributed by atoms with Crippen LogP contribution in [0.3, 0.4) is 0 Å². The zero-order valence-electron chi connectivity index (χ0n) is 14.7. The topological polar surface area (TPSA) is 80.2 Å². The third-order valence-corrected chi connectivity index (χ3v) is 6.07. The number of nitrogens with zero attached hydrogens (tertiary/aromatic N) is 4. The molecule has 5 rings (SSSR count). The molecule has 3 saturated heterocycles. The maximum absolute atomic E-state index is 13.1. The first kappa shape index (κ1) is 16.6. The highest BCUT2D eigenvalue weighted by molar-refractivity contribution is 5.92. The molecule has 8 heteroatoms. The van der Waals surface area contributed by atoms with E-state index in [9.17, 15) is 9.18 Å². The summed E-state index contributed by atoms with van der Waals surface area (Å²) in [6, 6.07) is 5.29. The largest absolute Gasteiger partial charge is 0.369 e. The molecular weight excluding hydrogens is 349 g/mol. The van der Waals surface area contributed by atoms with Gasteiger partial charge in [0, 0.05) is 31.1 Å². The van der Waals surface area contributed by atoms with Crippen LogP contribution in [-0.4, -0.2) is 52.2 Å². The molecule has 3 aliphatic rings. The highest BCUT2D eigenvalue weighted by atomic mass is 19.1. The molecule has 1 amide bonds. The second-order valence-corrected chi connectivity index (χ2v) is 7.54. The summed E-state index contributed by atoms with van der Waals surface area (Å²) in [5.41, 5.74) is 0.215. The quantitative estimate of drug-likeness (QED) is 0.878. The van der Waals surface area contributed by atoms with Gasteiger partial charge in [0.2, 0.25) is 5.95 Å². The van der Waals surface area contributed by atoms with Crippen molar-refractivity contribution in [3.63, 3.8) is 0 Å². The van der Waals surface area contributed by atoms with Crippen LogP contribution in [0.15, 0.2) is 36.8 Å². The molecule has 2 aromatic heterocycles. The van der Waals surface area contributed by atoms with E-state index in [2.05, 4.69) is 25.2 Å². The zero-order valence-corrected chi connectivity index (χ0v) is 14.7. The number of amides is 1. The van der Waals surface area contributed by atoms with Crippen molar-refractivity contribution in [2.24, 2.45) is 11.8 Å². The Morgan fingerprint density at radius 2 is 2.19 bits per heavy atom. The van der Waals surface area contributed by atoms with Crippen LogP contribution in [0.1, 0.15) is 23.3 Å². The monoisotopic (exact) mass is 369 g/mol. The second-order valence-electron chi connectivity index (χ2n) is 7.54. The molecule has 5 heterocycles. The number of ether oxygens (including phenoxy) is 1. The van der Waals surface area contributed by atoms with Crippen LogP contribution in [0.5, 0.6) is 0 Å². The van der Waals surface area contributed by atoms with Crippen LogP contribution in [-0.2, 0) is 4.74 Å². The van der Waals surface area contributed by atoms with Gasteiger partial charge in [0.05, 0.1) is 30.6 Å². The maximum atomic E-state index is 13.1. The van der Waals surface area contributed by atoms with Gasteiger partial charge in [0.15, 0.2) is 5.82 Å². The number of fused-ring (bicyclic) bond motifs is 1. The summed E-state index contributed by atoms with van der Waals surface area (Å²) in [4.78, 5) is 26.7. The standard InChI is InChI=1S/C19H20FN5O2/c20-12-7-23-18(24-8-12)25-10-14-13(16-4-5-19(14,11-25)27-16)9-22-17(26)15-3-1-2-6-21-15/h1-3,6-8,13-14,16H,4-5,9-11H2,(H,22,26)/t13-,14+,16+,19+/m0/s1. The van der Waals surface area contributed by atoms with E-state index in [0.717, 1.165) is 19.4 Å². The van der Waals surface area contributed by atoms with E-state index in [1.807, 2.05) is 0 Å². The van der Waals surface area contributed by atoms with Gasteiger partial charge < -0.3 is 15.0 Å². The highest BCUT2D eigenvalue weighted by Crippen LogP contribution is 2.54. The lowest BCUT2D eigenvalue weighted by atomic mass is 9.73. The van der Waals surface area contributed by atoms with Gasteiger partial charge in [0.25, 0.3) is 5.91 Å². The normalized spacial score (nSPS) is 31.1. The summed E-state index contributed by atoms with van der Waals surface area (Å²) in [5, 5.41) is 3.02. The molecule has 0 aromatic carbocycles. The van der Waals surface area contributed by atoms with Gasteiger partial charge >= 0.3 is 0 Å². The van der Waals surface area contributed by atoms with Crippen molar-refractivity contribution in [3.05, 3.63) is 48.3 Å². The summed E-state index contributed by atoms with van der Waals surface area (Å²) in [6.07, 6.45) is 6.18. The van der Waals surface area contributed by atoms with Crippen molar-refractivity contribution in [2.75, 3.05) is 24.5 Å². The van der Waals surface area contributed by atoms with E-state index in [1.165, 1.54) is 12.4 Å². The molecule has 4 atom stereocenters. The Morgan fingerprint density at radius 1 is 1.33 bits per heavy atom. The number of carbonyl (C=O) groups excluding carboxylic acids is 1. The number of halogens is 1. The predicted molar refractivity (Wildman–Crippen MR) is 94.6 cm³/mol. The first-order valence-electron chi connectivity index (χ1n) is 9.24. The fourth-order valence-corrected chi connectivity index (χ4v) is 4.88. The molecule has 1 N–H and O–H groups in total. The van der Waals surface area contributed by atoms with Gasteiger partial charge in [-0.3, -0.25) is 9.78 Å². The average molecular weight is 369 g/mol. The van der Waals surface area contributed by atoms with E-state index in [-0.39, 0.29) is 23.5 Å². The van der Waals surface area contributed by atoms with Crippen molar-refractivity contribution < 1.29 is 13.9 Å². The van der Waals surface area contributed by atoms with Gasteiger partial charge in [0.1, 0.15) is 5.69 Å². The van der Waals surface area contributed by atoms with Gasteiger partial charge in [-0.05, 0) is 25.0 Å². The number of pyridine rings is 1. The fourth-order valence-electron chi connectivity index (χ4n) is 4.88. The van der Waals surface area contributed by atoms with Crippen molar-refractivity contribution in [3.8, 4) is 0 Å². The molecule has 0 aliphatic carbocycles. The minimum atomic E-state index is -0.441. The van der Waals surface area contributed by atoms with Crippen molar-refractivity contribution in [1.82, 2.24) is 20.3 Å². The van der Waals surface area contributed by atoms with E-state index in [1.54, 1.807) is 24.4 Å². The average Bonchev–Trinajstić information content (AvgIpc) is 3.36. The Labute approximate surface area is 156 Å². The van der Waals surface area contributed by atoms with Gasteiger partial charge in [-0.1, -0.05) is 6.07 Å². The van der Waals surface area contributed by atoms with Crippen molar-refractivity contribution >= 4 is 11.9 Å². The number of nitrogens with one attached hydrogen (secondary N) is 1. The lowest BCUT2D eigenvalue weighted by Gasteiger charge is -2.29. The van der Waals surface area contributed by atoms with Crippen molar-refractivity contribution in [1.29, 1.82) is 0 Å². The van der Waals surface area contributed by atoms with Gasteiger partial charge in [-0.15, -0.1) is 0 Å². The summed E-state index contributed by atoms with van der Waals surface area (Å²) in [5.74, 6) is 0.474. The predicted octanol–water partition coefficient (Wildman–Crippen LogP) is 1.42. The molecule has 3 aliphatic heterocycles. The SMILES string of the molecule is O=C(NC[C@H]1[C@H]2CN(c3ncc(F)cn3)C[C@]23CC[C@H]1O3)c1ccccn1. The summed E-state index contributed by atoms with van der Waals surface area (Å²) >= 11 is 0. The molecule has 0 saturated carbocycles. The highest BCUT2D eigenvalue weighted by Gasteiger charge is 2.63. The first-order chi connectivity index (χ1) is 13.1. The number of rotatable bonds is 4. The van der Waals surface area contributed by atoms with Crippen LogP contribution in [0.25, 0.3) is 0 Å². The molecule has 2 bridgehead atoms. The minimum absolute atomic E-state index is 0.163. The zero-order chi connectivity index (χ0) is 18.4. The molecule has 7 nitrogen and oxygen atoms in total. The summed E-state index contributed by atoms with van der Waals surface area (Å²) < 4.78 is 19.5. The lowest BCUT2D eigenvalue weighted by Crippen LogP contribution is -2.42. The Morgan fingerprint density at radius 3 is 2.96 bits per heavy atom. The number of aromatic nitrogens is 3. The number of anilines is 1. The Balaban J connectivity index is 1.29. The molecule has 1 spiro atoms. The smallest absolute Gasteiger partial charge is 0.269 e. The third kappa shape index (κ3) is 2.75. The van der Waals surface area contributed by atoms with E-state index in [4.69, 9.17) is 4.74 Å². The molecule has 0 radical (unpaired) electrons. The number of hydrogen-bond acceptors (Lipinski definition) is 6. The minimum Gasteiger partial charge on any atom is -0.369 e. The van der Waals surface area contributed by atoms with Gasteiger partial charge in [-0.2, -0.15) is 0 Å². The second kappa shape index (κ2) is 6.23.